The van der Waals surface area contributed by atoms with Crippen molar-refractivity contribution >= 4 is 43.3 Å². The SMILES string of the molecule is O=C1CCc2c1cn(S(=O)(=O)c1cccc(Cl)c1)c2Br. The van der Waals surface area contributed by atoms with Crippen LogP contribution in [0.25, 0.3) is 0 Å². The fraction of sp³-hybridized carbons (Fsp3) is 0.154. The van der Waals surface area contributed by atoms with Crippen LogP contribution in [0.3, 0.4) is 0 Å². The first kappa shape index (κ1) is 13.9. The first-order chi connectivity index (χ1) is 9.41. The molecule has 0 bridgehead atoms. The van der Waals surface area contributed by atoms with E-state index >= 15 is 0 Å². The van der Waals surface area contributed by atoms with Crippen molar-refractivity contribution in [2.45, 2.75) is 17.7 Å². The van der Waals surface area contributed by atoms with Crippen LogP contribution in [0.5, 0.6) is 0 Å². The average Bonchev–Trinajstić information content (AvgIpc) is 2.92. The zero-order valence-corrected chi connectivity index (χ0v) is 13.3. The van der Waals surface area contributed by atoms with Gasteiger partial charge in [-0.3, -0.25) is 4.79 Å². The maximum absolute atomic E-state index is 12.6. The van der Waals surface area contributed by atoms with Crippen molar-refractivity contribution in [3.05, 3.63) is 51.2 Å². The van der Waals surface area contributed by atoms with Crippen molar-refractivity contribution in [3.8, 4) is 0 Å². The van der Waals surface area contributed by atoms with Gasteiger partial charge in [0.2, 0.25) is 0 Å². The molecule has 1 aromatic carbocycles. The highest BCUT2D eigenvalue weighted by Crippen LogP contribution is 2.33. The van der Waals surface area contributed by atoms with Crippen molar-refractivity contribution < 1.29 is 13.2 Å². The molecule has 2 aromatic rings. The molecule has 0 amide bonds. The minimum absolute atomic E-state index is 0.0271. The van der Waals surface area contributed by atoms with Crippen LogP contribution < -0.4 is 0 Å². The number of halogens is 2. The molecule has 0 aliphatic heterocycles. The van der Waals surface area contributed by atoms with Crippen molar-refractivity contribution in [2.24, 2.45) is 0 Å². The number of Topliss-reactive ketones (excluding diaryl/α,β-unsaturated/α-hetero) is 1. The summed E-state index contributed by atoms with van der Waals surface area (Å²) < 4.78 is 26.7. The van der Waals surface area contributed by atoms with Gasteiger partial charge in [-0.15, -0.1) is 0 Å². The summed E-state index contributed by atoms with van der Waals surface area (Å²) >= 11 is 9.12. The highest BCUT2D eigenvalue weighted by atomic mass is 79.9. The van der Waals surface area contributed by atoms with Crippen LogP contribution in [-0.2, 0) is 16.4 Å². The number of nitrogens with zero attached hydrogens (tertiary/aromatic N) is 1. The molecule has 4 nitrogen and oxygen atoms in total. The topological polar surface area (TPSA) is 56.1 Å². The number of fused-ring (bicyclic) bond motifs is 1. The Bertz CT molecular complexity index is 826. The number of hydrogen-bond acceptors (Lipinski definition) is 3. The average molecular weight is 375 g/mol. The maximum Gasteiger partial charge on any atom is 0.268 e. The van der Waals surface area contributed by atoms with Crippen LogP contribution >= 0.6 is 27.5 Å². The van der Waals surface area contributed by atoms with E-state index in [2.05, 4.69) is 15.9 Å². The molecule has 0 fully saturated rings. The Morgan fingerprint density at radius 3 is 2.65 bits per heavy atom. The number of rotatable bonds is 2. The minimum atomic E-state index is -3.76. The molecule has 7 heteroatoms. The third-order valence-electron chi connectivity index (χ3n) is 3.27. The molecule has 0 atom stereocenters. The van der Waals surface area contributed by atoms with Crippen LogP contribution in [0.1, 0.15) is 22.3 Å². The van der Waals surface area contributed by atoms with Gasteiger partial charge < -0.3 is 0 Å². The lowest BCUT2D eigenvalue weighted by atomic mass is 10.2. The molecule has 0 unspecified atom stereocenters. The molecule has 1 aromatic heterocycles. The quantitative estimate of drug-likeness (QED) is 0.810. The van der Waals surface area contributed by atoms with Crippen molar-refractivity contribution in [2.75, 3.05) is 0 Å². The molecule has 104 valence electrons. The first-order valence-corrected chi connectivity index (χ1v) is 8.46. The molecule has 0 saturated heterocycles. The highest BCUT2D eigenvalue weighted by molar-refractivity contribution is 9.10. The second-order valence-electron chi connectivity index (χ2n) is 4.49. The summed E-state index contributed by atoms with van der Waals surface area (Å²) in [7, 11) is -3.76. The summed E-state index contributed by atoms with van der Waals surface area (Å²) in [5.74, 6) is -0.0271. The summed E-state index contributed by atoms with van der Waals surface area (Å²) in [6.07, 6.45) is 2.37. The summed E-state index contributed by atoms with van der Waals surface area (Å²) in [4.78, 5) is 11.8. The Morgan fingerprint density at radius 1 is 1.25 bits per heavy atom. The van der Waals surface area contributed by atoms with Gasteiger partial charge in [-0.25, -0.2) is 12.4 Å². The molecule has 3 rings (SSSR count). The predicted molar refractivity (Wildman–Crippen MR) is 78.8 cm³/mol. The van der Waals surface area contributed by atoms with Crippen LogP contribution in [0.15, 0.2) is 40.0 Å². The van der Waals surface area contributed by atoms with Gasteiger partial charge in [0.05, 0.1) is 4.90 Å². The molecule has 0 spiro atoms. The molecule has 1 heterocycles. The third-order valence-corrected chi connectivity index (χ3v) is 6.26. The fourth-order valence-corrected chi connectivity index (χ4v) is 4.92. The zero-order chi connectivity index (χ0) is 14.5. The summed E-state index contributed by atoms with van der Waals surface area (Å²) in [6.45, 7) is 0. The monoisotopic (exact) mass is 373 g/mol. The number of carbonyl (C=O) groups is 1. The van der Waals surface area contributed by atoms with E-state index in [1.54, 1.807) is 12.1 Å². The lowest BCUT2D eigenvalue weighted by Gasteiger charge is -2.08. The van der Waals surface area contributed by atoms with Gasteiger partial charge >= 0.3 is 0 Å². The fourth-order valence-electron chi connectivity index (χ4n) is 2.26. The van der Waals surface area contributed by atoms with Gasteiger partial charge in [0.1, 0.15) is 4.60 Å². The summed E-state index contributed by atoms with van der Waals surface area (Å²) in [6, 6.07) is 6.04. The molecule has 0 saturated carbocycles. The van der Waals surface area contributed by atoms with E-state index in [1.165, 1.54) is 18.3 Å². The van der Waals surface area contributed by atoms with Gasteiger partial charge in [0.15, 0.2) is 5.78 Å². The Kier molecular flexibility index (Phi) is 3.27. The largest absolute Gasteiger partial charge is 0.294 e. The lowest BCUT2D eigenvalue weighted by molar-refractivity contribution is 0.0994. The van der Waals surface area contributed by atoms with Gasteiger partial charge in [-0.1, -0.05) is 17.7 Å². The Morgan fingerprint density at radius 2 is 2.00 bits per heavy atom. The second-order valence-corrected chi connectivity index (χ2v) is 7.50. The number of benzene rings is 1. The summed E-state index contributed by atoms with van der Waals surface area (Å²) in [5.41, 5.74) is 1.23. The van der Waals surface area contributed by atoms with Crippen molar-refractivity contribution in [3.63, 3.8) is 0 Å². The van der Waals surface area contributed by atoms with Gasteiger partial charge in [-0.2, -0.15) is 0 Å². The van der Waals surface area contributed by atoms with Gasteiger partial charge in [0, 0.05) is 23.2 Å². The standard InChI is InChI=1S/C13H9BrClNO3S/c14-13-10-4-5-12(17)11(10)7-16(13)20(18,19)9-3-1-2-8(15)6-9/h1-3,6-7H,4-5H2. The van der Waals surface area contributed by atoms with E-state index in [0.29, 0.717) is 28.0 Å². The lowest BCUT2D eigenvalue weighted by Crippen LogP contribution is -2.13. The van der Waals surface area contributed by atoms with Crippen LogP contribution in [0, 0.1) is 0 Å². The molecular weight excluding hydrogens is 366 g/mol. The van der Waals surface area contributed by atoms with E-state index < -0.39 is 10.0 Å². The Balaban J connectivity index is 2.19. The smallest absolute Gasteiger partial charge is 0.268 e. The Labute approximate surface area is 129 Å². The van der Waals surface area contributed by atoms with E-state index in [-0.39, 0.29) is 10.7 Å². The molecule has 0 radical (unpaired) electrons. The number of ketones is 1. The highest BCUT2D eigenvalue weighted by Gasteiger charge is 2.30. The normalized spacial score (nSPS) is 14.6. The van der Waals surface area contributed by atoms with Crippen LogP contribution in [0.2, 0.25) is 5.02 Å². The predicted octanol–water partition coefficient (Wildman–Crippen LogP) is 3.27. The number of aromatic nitrogens is 1. The van der Waals surface area contributed by atoms with Gasteiger partial charge in [-0.05, 0) is 46.1 Å². The van der Waals surface area contributed by atoms with E-state index in [1.807, 2.05) is 0 Å². The molecule has 1 aliphatic rings. The first-order valence-electron chi connectivity index (χ1n) is 5.85. The van der Waals surface area contributed by atoms with Crippen molar-refractivity contribution in [1.82, 2.24) is 3.97 Å². The van der Waals surface area contributed by atoms with Crippen LogP contribution in [-0.4, -0.2) is 18.2 Å². The van der Waals surface area contributed by atoms with Crippen molar-refractivity contribution in [1.29, 1.82) is 0 Å². The van der Waals surface area contributed by atoms with E-state index in [9.17, 15) is 13.2 Å². The Hall–Kier alpha value is -1.11. The van der Waals surface area contributed by atoms with Crippen LogP contribution in [0.4, 0.5) is 0 Å². The molecular formula is C13H9BrClNO3S. The van der Waals surface area contributed by atoms with E-state index in [0.717, 1.165) is 9.54 Å². The number of hydrogen-bond donors (Lipinski definition) is 0. The third kappa shape index (κ3) is 2.03. The second kappa shape index (κ2) is 4.72. The minimum Gasteiger partial charge on any atom is -0.294 e. The molecule has 1 aliphatic carbocycles. The molecule has 20 heavy (non-hydrogen) atoms. The number of carbonyl (C=O) groups excluding carboxylic acids is 1. The summed E-state index contributed by atoms with van der Waals surface area (Å²) in [5, 5.41) is 0.345. The maximum atomic E-state index is 12.6. The van der Waals surface area contributed by atoms with E-state index in [4.69, 9.17) is 11.6 Å². The van der Waals surface area contributed by atoms with Gasteiger partial charge in [0.25, 0.3) is 10.0 Å². The zero-order valence-electron chi connectivity index (χ0n) is 10.1. The molecule has 0 N–H and O–H groups in total.